The van der Waals surface area contributed by atoms with E-state index in [0.717, 1.165) is 16.9 Å². The molecule has 6 nitrogen and oxygen atoms in total. The summed E-state index contributed by atoms with van der Waals surface area (Å²) in [6, 6.07) is 6.69. The van der Waals surface area contributed by atoms with Crippen molar-refractivity contribution in [2.24, 2.45) is 0 Å². The number of hydrogen-bond donors (Lipinski definition) is 1. The summed E-state index contributed by atoms with van der Waals surface area (Å²) in [5.41, 5.74) is 8.04. The minimum atomic E-state index is -0.161. The molecule has 0 radical (unpaired) electrons. The van der Waals surface area contributed by atoms with Crippen molar-refractivity contribution in [1.82, 2.24) is 9.78 Å². The van der Waals surface area contributed by atoms with Crippen LogP contribution in [0.25, 0.3) is 0 Å². The van der Waals surface area contributed by atoms with Crippen LogP contribution in [0, 0.1) is 0 Å². The Balaban J connectivity index is 2.03. The third-order valence-corrected chi connectivity index (χ3v) is 2.91. The monoisotopic (exact) mass is 259 g/mol. The Kier molecular flexibility index (Phi) is 2.92. The SMILES string of the molecule is Nc1cc2c(c(Cn3ncccc3=O)c1)OCOC2. The van der Waals surface area contributed by atoms with E-state index in [4.69, 9.17) is 15.2 Å². The molecule has 0 spiro atoms. The summed E-state index contributed by atoms with van der Waals surface area (Å²) in [5.74, 6) is 0.734. The highest BCUT2D eigenvalue weighted by Crippen LogP contribution is 2.30. The van der Waals surface area contributed by atoms with E-state index in [1.165, 1.54) is 10.7 Å². The Morgan fingerprint density at radius 3 is 3.16 bits per heavy atom. The van der Waals surface area contributed by atoms with E-state index in [0.29, 0.717) is 18.8 Å². The number of nitrogens with two attached hydrogens (primary N) is 1. The lowest BCUT2D eigenvalue weighted by molar-refractivity contribution is -0.0170. The molecule has 2 aromatic rings. The Morgan fingerprint density at radius 2 is 2.32 bits per heavy atom. The molecule has 19 heavy (non-hydrogen) atoms. The first kappa shape index (κ1) is 11.7. The second-order valence-corrected chi connectivity index (χ2v) is 4.30. The number of ether oxygens (including phenoxy) is 2. The van der Waals surface area contributed by atoms with Gasteiger partial charge >= 0.3 is 0 Å². The van der Waals surface area contributed by atoms with Crippen molar-refractivity contribution in [1.29, 1.82) is 0 Å². The molecule has 2 N–H and O–H groups in total. The maximum Gasteiger partial charge on any atom is 0.267 e. The highest BCUT2D eigenvalue weighted by molar-refractivity contribution is 5.53. The van der Waals surface area contributed by atoms with Crippen LogP contribution in [-0.4, -0.2) is 16.6 Å². The van der Waals surface area contributed by atoms with Crippen LogP contribution in [0.15, 0.2) is 35.3 Å². The molecule has 0 unspecified atom stereocenters. The largest absolute Gasteiger partial charge is 0.467 e. The van der Waals surface area contributed by atoms with Crippen LogP contribution in [0.1, 0.15) is 11.1 Å². The number of aromatic nitrogens is 2. The Morgan fingerprint density at radius 1 is 1.42 bits per heavy atom. The molecule has 2 heterocycles. The van der Waals surface area contributed by atoms with Crippen molar-refractivity contribution < 1.29 is 9.47 Å². The first-order valence-corrected chi connectivity index (χ1v) is 5.88. The number of nitrogens with zero attached hydrogens (tertiary/aromatic N) is 2. The van der Waals surface area contributed by atoms with Gasteiger partial charge in [0.15, 0.2) is 6.79 Å². The van der Waals surface area contributed by atoms with Crippen molar-refractivity contribution in [3.63, 3.8) is 0 Å². The fourth-order valence-corrected chi connectivity index (χ4v) is 2.11. The zero-order valence-corrected chi connectivity index (χ0v) is 10.2. The lowest BCUT2D eigenvalue weighted by atomic mass is 10.1. The molecule has 3 rings (SSSR count). The Hall–Kier alpha value is -2.34. The van der Waals surface area contributed by atoms with Gasteiger partial charge in [-0.2, -0.15) is 5.10 Å². The summed E-state index contributed by atoms with van der Waals surface area (Å²) < 4.78 is 12.1. The minimum Gasteiger partial charge on any atom is -0.467 e. The minimum absolute atomic E-state index is 0.161. The van der Waals surface area contributed by atoms with Gasteiger partial charge in [-0.15, -0.1) is 0 Å². The molecule has 98 valence electrons. The fraction of sp³-hybridized carbons (Fsp3) is 0.231. The van der Waals surface area contributed by atoms with Crippen LogP contribution in [0.2, 0.25) is 0 Å². The topological polar surface area (TPSA) is 79.4 Å². The van der Waals surface area contributed by atoms with Crippen LogP contribution in [0.3, 0.4) is 0 Å². The molecule has 1 aromatic heterocycles. The van der Waals surface area contributed by atoms with E-state index < -0.39 is 0 Å². The number of rotatable bonds is 2. The number of nitrogen functional groups attached to an aromatic ring is 1. The maximum absolute atomic E-state index is 11.7. The first-order valence-electron chi connectivity index (χ1n) is 5.88. The third kappa shape index (κ3) is 2.30. The molecular weight excluding hydrogens is 246 g/mol. The average Bonchev–Trinajstić information content (AvgIpc) is 2.41. The molecule has 0 saturated carbocycles. The molecule has 1 aromatic carbocycles. The zero-order chi connectivity index (χ0) is 13.2. The smallest absolute Gasteiger partial charge is 0.267 e. The normalized spacial score (nSPS) is 13.7. The van der Waals surface area contributed by atoms with Crippen LogP contribution in [-0.2, 0) is 17.9 Å². The second-order valence-electron chi connectivity index (χ2n) is 4.30. The maximum atomic E-state index is 11.7. The summed E-state index contributed by atoms with van der Waals surface area (Å²) in [7, 11) is 0. The van der Waals surface area contributed by atoms with E-state index in [-0.39, 0.29) is 12.4 Å². The molecule has 0 amide bonds. The van der Waals surface area contributed by atoms with Gasteiger partial charge in [0.25, 0.3) is 5.56 Å². The highest BCUT2D eigenvalue weighted by atomic mass is 16.7. The van der Waals surface area contributed by atoms with Gasteiger partial charge in [-0.25, -0.2) is 4.68 Å². The Labute approximate surface area is 109 Å². The predicted molar refractivity (Wildman–Crippen MR) is 68.7 cm³/mol. The quantitative estimate of drug-likeness (QED) is 0.805. The molecule has 1 aliphatic rings. The fourth-order valence-electron chi connectivity index (χ4n) is 2.11. The Bertz CT molecular complexity index is 666. The summed E-state index contributed by atoms with van der Waals surface area (Å²) >= 11 is 0. The summed E-state index contributed by atoms with van der Waals surface area (Å²) in [6.07, 6.45) is 1.57. The highest BCUT2D eigenvalue weighted by Gasteiger charge is 2.16. The van der Waals surface area contributed by atoms with E-state index in [1.54, 1.807) is 18.3 Å². The van der Waals surface area contributed by atoms with Crippen molar-refractivity contribution in [3.05, 3.63) is 51.9 Å². The third-order valence-electron chi connectivity index (χ3n) is 2.91. The average molecular weight is 259 g/mol. The van der Waals surface area contributed by atoms with Gasteiger partial charge in [0, 0.05) is 29.1 Å². The van der Waals surface area contributed by atoms with Gasteiger partial charge in [-0.1, -0.05) is 0 Å². The second kappa shape index (κ2) is 4.74. The van der Waals surface area contributed by atoms with Crippen LogP contribution in [0.5, 0.6) is 5.75 Å². The van der Waals surface area contributed by atoms with Gasteiger partial charge in [0.1, 0.15) is 5.75 Å². The molecule has 0 atom stereocenters. The van der Waals surface area contributed by atoms with Gasteiger partial charge in [-0.05, 0) is 18.2 Å². The van der Waals surface area contributed by atoms with Crippen LogP contribution >= 0.6 is 0 Å². The van der Waals surface area contributed by atoms with Gasteiger partial charge in [0.2, 0.25) is 0 Å². The molecule has 0 saturated heterocycles. The van der Waals surface area contributed by atoms with Gasteiger partial charge in [-0.3, -0.25) is 4.79 Å². The summed E-state index contributed by atoms with van der Waals surface area (Å²) in [6.45, 7) is 0.999. The summed E-state index contributed by atoms with van der Waals surface area (Å²) in [5, 5.41) is 4.03. The van der Waals surface area contributed by atoms with Gasteiger partial charge in [0.05, 0.1) is 13.2 Å². The molecule has 0 bridgehead atoms. The van der Waals surface area contributed by atoms with Crippen molar-refractivity contribution in [3.8, 4) is 5.75 Å². The van der Waals surface area contributed by atoms with Crippen molar-refractivity contribution in [2.75, 3.05) is 12.5 Å². The van der Waals surface area contributed by atoms with E-state index >= 15 is 0 Å². The van der Waals surface area contributed by atoms with E-state index in [9.17, 15) is 4.79 Å². The summed E-state index contributed by atoms with van der Waals surface area (Å²) in [4.78, 5) is 11.7. The molecule has 6 heteroatoms. The molecule has 0 fully saturated rings. The van der Waals surface area contributed by atoms with Crippen LogP contribution < -0.4 is 16.0 Å². The zero-order valence-electron chi connectivity index (χ0n) is 10.2. The number of hydrogen-bond acceptors (Lipinski definition) is 5. The molecule has 1 aliphatic heterocycles. The standard InChI is InChI=1S/C13H13N3O3/c14-11-4-9(6-16-12(17)2-1-3-15-16)13-10(5-11)7-18-8-19-13/h1-5H,6-8,14H2. The lowest BCUT2D eigenvalue weighted by Gasteiger charge is -2.21. The first-order chi connectivity index (χ1) is 9.24. The number of fused-ring (bicyclic) bond motifs is 1. The van der Waals surface area contributed by atoms with Crippen molar-refractivity contribution >= 4 is 5.69 Å². The lowest BCUT2D eigenvalue weighted by Crippen LogP contribution is -2.23. The molecule has 0 aliphatic carbocycles. The van der Waals surface area contributed by atoms with E-state index in [1.807, 2.05) is 6.07 Å². The molecular formula is C13H13N3O3. The van der Waals surface area contributed by atoms with Gasteiger partial charge < -0.3 is 15.2 Å². The number of benzene rings is 1. The predicted octanol–water partition coefficient (Wildman–Crippen LogP) is 0.740. The number of anilines is 1. The van der Waals surface area contributed by atoms with Crippen molar-refractivity contribution in [2.45, 2.75) is 13.2 Å². The van der Waals surface area contributed by atoms with Crippen LogP contribution in [0.4, 0.5) is 5.69 Å². The van der Waals surface area contributed by atoms with E-state index in [2.05, 4.69) is 5.10 Å².